The first-order valence-electron chi connectivity index (χ1n) is 4.02. The van der Waals surface area contributed by atoms with Crippen LogP contribution in [0.4, 0.5) is 0 Å². The summed E-state index contributed by atoms with van der Waals surface area (Å²) in [5.74, 6) is 5.16. The van der Waals surface area contributed by atoms with Gasteiger partial charge in [-0.1, -0.05) is 24.3 Å². The second-order valence-electron chi connectivity index (χ2n) is 2.97. The van der Waals surface area contributed by atoms with Crippen LogP contribution in [0.3, 0.4) is 0 Å². The fourth-order valence-electron chi connectivity index (χ4n) is 1.13. The normalized spacial score (nSPS) is 11.7. The van der Waals surface area contributed by atoms with Gasteiger partial charge in [0.1, 0.15) is 0 Å². The number of nitrogens with two attached hydrogens (primary N) is 1. The fraction of sp³-hybridized carbons (Fsp3) is 0.300. The molecule has 0 aliphatic carbocycles. The van der Waals surface area contributed by atoms with Crippen LogP contribution >= 0.6 is 0 Å². The molecule has 2 nitrogen and oxygen atoms in total. The number of hydrogen-bond donors (Lipinski definition) is 1. The van der Waals surface area contributed by atoms with Crippen molar-refractivity contribution in [2.75, 3.05) is 0 Å². The Labute approximate surface area is 73.1 Å². The topological polar surface area (TPSA) is 38.4 Å². The van der Waals surface area contributed by atoms with Gasteiger partial charge in [-0.2, -0.15) is 5.10 Å². The van der Waals surface area contributed by atoms with E-state index in [2.05, 4.69) is 24.2 Å². The Morgan fingerprint density at radius 3 is 2.67 bits per heavy atom. The van der Waals surface area contributed by atoms with E-state index in [1.165, 1.54) is 11.1 Å². The van der Waals surface area contributed by atoms with Crippen molar-refractivity contribution in [1.82, 2.24) is 0 Å². The highest BCUT2D eigenvalue weighted by Crippen LogP contribution is 2.07. The third-order valence-electron chi connectivity index (χ3n) is 1.93. The number of benzene rings is 1. The minimum atomic E-state index is 0.850. The third-order valence-corrected chi connectivity index (χ3v) is 1.93. The van der Waals surface area contributed by atoms with E-state index in [0.717, 1.165) is 12.1 Å². The Morgan fingerprint density at radius 2 is 2.08 bits per heavy atom. The smallest absolute Gasteiger partial charge is 0.0388 e. The van der Waals surface area contributed by atoms with Gasteiger partial charge in [0.25, 0.3) is 0 Å². The molecule has 0 amide bonds. The zero-order valence-corrected chi connectivity index (χ0v) is 7.54. The van der Waals surface area contributed by atoms with Crippen molar-refractivity contribution in [3.63, 3.8) is 0 Å². The van der Waals surface area contributed by atoms with Gasteiger partial charge in [0, 0.05) is 12.1 Å². The molecule has 0 bridgehead atoms. The molecule has 64 valence electrons. The van der Waals surface area contributed by atoms with Crippen LogP contribution in [0, 0.1) is 6.92 Å². The van der Waals surface area contributed by atoms with Crippen molar-refractivity contribution in [2.45, 2.75) is 20.3 Å². The maximum Gasteiger partial charge on any atom is 0.0388 e. The molecule has 1 aromatic rings. The van der Waals surface area contributed by atoms with Gasteiger partial charge >= 0.3 is 0 Å². The Bertz CT molecular complexity index is 290. The van der Waals surface area contributed by atoms with Crippen LogP contribution in [-0.4, -0.2) is 5.71 Å². The molecule has 0 saturated heterocycles. The molecule has 0 aliphatic heterocycles. The first kappa shape index (κ1) is 8.78. The predicted molar refractivity (Wildman–Crippen MR) is 52.2 cm³/mol. The van der Waals surface area contributed by atoms with Crippen LogP contribution in [0.15, 0.2) is 29.4 Å². The maximum absolute atomic E-state index is 5.16. The Hall–Kier alpha value is -1.31. The molecular formula is C10H14N2. The molecule has 1 rings (SSSR count). The first-order valence-corrected chi connectivity index (χ1v) is 4.02. The molecule has 0 aliphatic rings. The van der Waals surface area contributed by atoms with Gasteiger partial charge in [0.15, 0.2) is 0 Å². The highest BCUT2D eigenvalue weighted by molar-refractivity contribution is 5.84. The van der Waals surface area contributed by atoms with Crippen molar-refractivity contribution in [3.05, 3.63) is 35.4 Å². The molecule has 2 N–H and O–H groups in total. The average Bonchev–Trinajstić information content (AvgIpc) is 2.09. The number of rotatable bonds is 2. The van der Waals surface area contributed by atoms with Crippen LogP contribution in [-0.2, 0) is 6.42 Å². The molecule has 0 atom stereocenters. The summed E-state index contributed by atoms with van der Waals surface area (Å²) < 4.78 is 0. The van der Waals surface area contributed by atoms with Crippen LogP contribution in [0.1, 0.15) is 18.1 Å². The molecule has 0 heterocycles. The van der Waals surface area contributed by atoms with E-state index in [0.29, 0.717) is 0 Å². The second kappa shape index (κ2) is 3.90. The minimum Gasteiger partial charge on any atom is -0.323 e. The molecule has 0 radical (unpaired) electrons. The summed E-state index contributed by atoms with van der Waals surface area (Å²) in [6.07, 6.45) is 0.850. The van der Waals surface area contributed by atoms with E-state index < -0.39 is 0 Å². The van der Waals surface area contributed by atoms with E-state index in [1.54, 1.807) is 0 Å². The SMILES string of the molecule is C/C(Cc1ccccc1C)=N/N. The zero-order chi connectivity index (χ0) is 8.97. The number of nitrogens with zero attached hydrogens (tertiary/aromatic N) is 1. The number of aryl methyl sites for hydroxylation is 1. The first-order chi connectivity index (χ1) is 5.74. The van der Waals surface area contributed by atoms with Crippen molar-refractivity contribution in [1.29, 1.82) is 0 Å². The van der Waals surface area contributed by atoms with E-state index in [1.807, 2.05) is 19.1 Å². The lowest BCUT2D eigenvalue weighted by Gasteiger charge is -2.03. The minimum absolute atomic E-state index is 0.850. The Morgan fingerprint density at radius 1 is 1.42 bits per heavy atom. The Kier molecular flexibility index (Phi) is 2.86. The van der Waals surface area contributed by atoms with Crippen LogP contribution in [0.5, 0.6) is 0 Å². The summed E-state index contributed by atoms with van der Waals surface area (Å²) in [6.45, 7) is 4.03. The summed E-state index contributed by atoms with van der Waals surface area (Å²) in [7, 11) is 0. The third kappa shape index (κ3) is 2.09. The molecule has 2 heteroatoms. The van der Waals surface area contributed by atoms with Gasteiger partial charge in [-0.05, 0) is 25.0 Å². The van der Waals surface area contributed by atoms with Crippen molar-refractivity contribution in [3.8, 4) is 0 Å². The monoisotopic (exact) mass is 162 g/mol. The maximum atomic E-state index is 5.16. The predicted octanol–water partition coefficient (Wildman–Crippen LogP) is 1.87. The van der Waals surface area contributed by atoms with Gasteiger partial charge in [-0.25, -0.2) is 0 Å². The standard InChI is InChI=1S/C10H14N2/c1-8-5-3-4-6-10(8)7-9(2)12-11/h3-6H,7,11H2,1-2H3/b12-9-. The van der Waals surface area contributed by atoms with Gasteiger partial charge < -0.3 is 5.84 Å². The van der Waals surface area contributed by atoms with E-state index in [4.69, 9.17) is 5.84 Å². The Balaban J connectivity index is 2.82. The van der Waals surface area contributed by atoms with Gasteiger partial charge in [0.05, 0.1) is 0 Å². The summed E-state index contributed by atoms with van der Waals surface area (Å²) in [6, 6.07) is 8.27. The lowest BCUT2D eigenvalue weighted by Crippen LogP contribution is -2.02. The quantitative estimate of drug-likeness (QED) is 0.402. The largest absolute Gasteiger partial charge is 0.323 e. The summed E-state index contributed by atoms with van der Waals surface area (Å²) in [5.41, 5.74) is 3.55. The summed E-state index contributed by atoms with van der Waals surface area (Å²) in [5, 5.41) is 3.64. The zero-order valence-electron chi connectivity index (χ0n) is 7.54. The van der Waals surface area contributed by atoms with Crippen LogP contribution < -0.4 is 5.84 Å². The van der Waals surface area contributed by atoms with Crippen LogP contribution in [0.2, 0.25) is 0 Å². The van der Waals surface area contributed by atoms with Gasteiger partial charge in [-0.3, -0.25) is 0 Å². The summed E-state index contributed by atoms with van der Waals surface area (Å²) in [4.78, 5) is 0. The van der Waals surface area contributed by atoms with Crippen LogP contribution in [0.25, 0.3) is 0 Å². The average molecular weight is 162 g/mol. The second-order valence-corrected chi connectivity index (χ2v) is 2.97. The van der Waals surface area contributed by atoms with Gasteiger partial charge in [0.2, 0.25) is 0 Å². The number of hydrazone groups is 1. The van der Waals surface area contributed by atoms with E-state index in [-0.39, 0.29) is 0 Å². The molecule has 12 heavy (non-hydrogen) atoms. The lowest BCUT2D eigenvalue weighted by atomic mass is 10.0. The van der Waals surface area contributed by atoms with Gasteiger partial charge in [-0.15, -0.1) is 0 Å². The highest BCUT2D eigenvalue weighted by atomic mass is 15.1. The summed E-state index contributed by atoms with van der Waals surface area (Å²) >= 11 is 0. The molecule has 1 aromatic carbocycles. The molecule has 0 spiro atoms. The molecular weight excluding hydrogens is 148 g/mol. The molecule has 0 unspecified atom stereocenters. The van der Waals surface area contributed by atoms with Crippen molar-refractivity contribution in [2.24, 2.45) is 10.9 Å². The van der Waals surface area contributed by atoms with Crippen molar-refractivity contribution >= 4 is 5.71 Å². The molecule has 0 saturated carbocycles. The van der Waals surface area contributed by atoms with E-state index >= 15 is 0 Å². The highest BCUT2D eigenvalue weighted by Gasteiger charge is 1.97. The number of hydrogen-bond acceptors (Lipinski definition) is 2. The fourth-order valence-corrected chi connectivity index (χ4v) is 1.13. The van der Waals surface area contributed by atoms with E-state index in [9.17, 15) is 0 Å². The lowest BCUT2D eigenvalue weighted by molar-refractivity contribution is 1.17. The molecule has 0 aromatic heterocycles. The van der Waals surface area contributed by atoms with Crippen molar-refractivity contribution < 1.29 is 0 Å². The molecule has 0 fully saturated rings.